The third-order valence-electron chi connectivity index (χ3n) is 8.62. The zero-order valence-electron chi connectivity index (χ0n) is 21.7. The van der Waals surface area contributed by atoms with Crippen LogP contribution in [0.1, 0.15) is 71.1 Å². The van der Waals surface area contributed by atoms with Gasteiger partial charge in [0.05, 0.1) is 5.52 Å². The van der Waals surface area contributed by atoms with Crippen molar-refractivity contribution >= 4 is 28.1 Å². The lowest BCUT2D eigenvalue weighted by Crippen LogP contribution is -2.42. The zero-order valence-corrected chi connectivity index (χ0v) is 21.7. The number of aromatic carboxylic acids is 1. The minimum absolute atomic E-state index is 0.0924. The predicted molar refractivity (Wildman–Crippen MR) is 146 cm³/mol. The molecule has 7 rings (SSSR count). The summed E-state index contributed by atoms with van der Waals surface area (Å²) in [4.78, 5) is 22.6. The molecule has 0 unspecified atom stereocenters. The highest BCUT2D eigenvalue weighted by Crippen LogP contribution is 2.55. The highest BCUT2D eigenvalue weighted by atomic mass is 16.5. The Morgan fingerprint density at radius 2 is 1.92 bits per heavy atom. The fourth-order valence-electron chi connectivity index (χ4n) is 6.26. The molecule has 1 saturated heterocycles. The van der Waals surface area contributed by atoms with Gasteiger partial charge in [-0.2, -0.15) is 0 Å². The smallest absolute Gasteiger partial charge is 0.354 e. The van der Waals surface area contributed by atoms with Crippen LogP contribution in [0.2, 0.25) is 0 Å². The van der Waals surface area contributed by atoms with Crippen LogP contribution in [0.5, 0.6) is 0 Å². The van der Waals surface area contributed by atoms with Gasteiger partial charge in [-0.25, -0.2) is 9.78 Å². The number of carboxylic acid groups (broad SMARTS) is 1. The minimum atomic E-state index is -0.994. The Labute approximate surface area is 221 Å². The Morgan fingerprint density at radius 1 is 1.13 bits per heavy atom. The molecule has 2 fully saturated rings. The quantitative estimate of drug-likeness (QED) is 0.328. The van der Waals surface area contributed by atoms with Gasteiger partial charge in [0.1, 0.15) is 17.1 Å². The summed E-state index contributed by atoms with van der Waals surface area (Å²) in [5.74, 6) is 0.569. The van der Waals surface area contributed by atoms with Gasteiger partial charge in [0.2, 0.25) is 0 Å². The summed E-state index contributed by atoms with van der Waals surface area (Å²) in [6.45, 7) is 5.96. The standard InChI is InChI=1S/C31H30N4O3/c1-18-14-26(30(36)37)33-25-8-7-22(15-24(18)25)35-12-9-31(10-13-35)16-21(17-31)27-28(23-4-3-11-32-19(23)2)34-38-29(27)20-5-6-20/h3-4,7-8,11,14-16,20H,5-6,9-10,12-13,17H2,1-2H3,(H,36,37). The van der Waals surface area contributed by atoms with E-state index in [0.29, 0.717) is 5.92 Å². The Kier molecular flexibility index (Phi) is 5.18. The number of pyridine rings is 2. The number of aryl methyl sites for hydroxylation is 2. The second-order valence-corrected chi connectivity index (χ2v) is 11.2. The molecule has 192 valence electrons. The molecular weight excluding hydrogens is 476 g/mol. The second kappa shape index (κ2) is 8.51. The molecule has 7 nitrogen and oxygen atoms in total. The maximum absolute atomic E-state index is 11.4. The van der Waals surface area contributed by atoms with Crippen molar-refractivity contribution in [3.8, 4) is 11.3 Å². The zero-order chi connectivity index (χ0) is 26.0. The van der Waals surface area contributed by atoms with Crippen molar-refractivity contribution in [2.24, 2.45) is 5.41 Å². The van der Waals surface area contributed by atoms with Gasteiger partial charge in [-0.1, -0.05) is 11.2 Å². The van der Waals surface area contributed by atoms with Crippen LogP contribution in [-0.4, -0.2) is 39.3 Å². The first-order chi connectivity index (χ1) is 18.4. The number of hydrogen-bond donors (Lipinski definition) is 1. The highest BCUT2D eigenvalue weighted by molar-refractivity contribution is 5.92. The van der Waals surface area contributed by atoms with E-state index in [1.807, 2.05) is 32.2 Å². The summed E-state index contributed by atoms with van der Waals surface area (Å²) in [6, 6.07) is 11.9. The number of aromatic nitrogens is 3. The van der Waals surface area contributed by atoms with E-state index in [4.69, 9.17) is 4.52 Å². The minimum Gasteiger partial charge on any atom is -0.477 e. The van der Waals surface area contributed by atoms with Crippen molar-refractivity contribution in [1.82, 2.24) is 15.1 Å². The Hall–Kier alpha value is -4.00. The van der Waals surface area contributed by atoms with Gasteiger partial charge in [0.25, 0.3) is 0 Å². The Bertz CT molecular complexity index is 1620. The van der Waals surface area contributed by atoms with Gasteiger partial charge in [0.15, 0.2) is 0 Å². The van der Waals surface area contributed by atoms with Crippen molar-refractivity contribution in [2.75, 3.05) is 18.0 Å². The van der Waals surface area contributed by atoms with Crippen molar-refractivity contribution < 1.29 is 14.4 Å². The van der Waals surface area contributed by atoms with Crippen molar-refractivity contribution in [3.05, 3.63) is 76.9 Å². The largest absolute Gasteiger partial charge is 0.477 e. The molecule has 1 saturated carbocycles. The molecule has 0 atom stereocenters. The van der Waals surface area contributed by atoms with Crippen molar-refractivity contribution in [2.45, 2.75) is 51.9 Å². The maximum atomic E-state index is 11.4. The van der Waals surface area contributed by atoms with Crippen LogP contribution < -0.4 is 4.90 Å². The summed E-state index contributed by atoms with van der Waals surface area (Å²) in [7, 11) is 0. The van der Waals surface area contributed by atoms with Crippen LogP contribution in [-0.2, 0) is 0 Å². The summed E-state index contributed by atoms with van der Waals surface area (Å²) >= 11 is 0. The molecule has 7 heteroatoms. The van der Waals surface area contributed by atoms with E-state index >= 15 is 0 Å². The van der Waals surface area contributed by atoms with E-state index in [1.165, 1.54) is 29.7 Å². The summed E-state index contributed by atoms with van der Waals surface area (Å²) in [5.41, 5.74) is 8.75. The number of carbonyl (C=O) groups is 1. The van der Waals surface area contributed by atoms with Crippen LogP contribution in [0.3, 0.4) is 0 Å². The van der Waals surface area contributed by atoms with E-state index in [9.17, 15) is 9.90 Å². The van der Waals surface area contributed by atoms with Crippen LogP contribution >= 0.6 is 0 Å². The summed E-state index contributed by atoms with van der Waals surface area (Å²) in [6.07, 6.45) is 9.96. The first kappa shape index (κ1) is 23.1. The molecule has 0 radical (unpaired) electrons. The second-order valence-electron chi connectivity index (χ2n) is 11.2. The Morgan fingerprint density at radius 3 is 2.63 bits per heavy atom. The number of hydrogen-bond acceptors (Lipinski definition) is 6. The van der Waals surface area contributed by atoms with Crippen LogP contribution in [0.25, 0.3) is 27.7 Å². The van der Waals surface area contributed by atoms with Gasteiger partial charge < -0.3 is 14.5 Å². The number of carboxylic acids is 1. The van der Waals surface area contributed by atoms with E-state index in [2.05, 4.69) is 44.3 Å². The van der Waals surface area contributed by atoms with Crippen molar-refractivity contribution in [3.63, 3.8) is 0 Å². The molecule has 4 heterocycles. The monoisotopic (exact) mass is 506 g/mol. The number of fused-ring (bicyclic) bond motifs is 1. The molecule has 1 aliphatic heterocycles. The maximum Gasteiger partial charge on any atom is 0.354 e. The highest BCUT2D eigenvalue weighted by Gasteiger charge is 2.44. The average Bonchev–Trinajstić information content (AvgIpc) is 3.66. The molecule has 1 N–H and O–H groups in total. The van der Waals surface area contributed by atoms with Crippen LogP contribution in [0.4, 0.5) is 5.69 Å². The molecule has 38 heavy (non-hydrogen) atoms. The summed E-state index contributed by atoms with van der Waals surface area (Å²) < 4.78 is 5.94. The molecule has 2 aliphatic carbocycles. The number of piperidine rings is 1. The molecule has 3 aromatic heterocycles. The fourth-order valence-corrected chi connectivity index (χ4v) is 6.26. The molecule has 3 aliphatic rings. The Balaban J connectivity index is 1.13. The first-order valence-corrected chi connectivity index (χ1v) is 13.4. The van der Waals surface area contributed by atoms with Gasteiger partial charge in [-0.05, 0) is 98.9 Å². The third kappa shape index (κ3) is 3.80. The predicted octanol–water partition coefficient (Wildman–Crippen LogP) is 6.55. The summed E-state index contributed by atoms with van der Waals surface area (Å²) in [5, 5.41) is 14.9. The normalized spacial score (nSPS) is 18.5. The van der Waals surface area contributed by atoms with E-state index < -0.39 is 5.97 Å². The molecule has 0 bridgehead atoms. The SMILES string of the molecule is Cc1ncccc1-c1noc(C2CC2)c1C1=CC2(CCN(c3ccc4nc(C(=O)O)cc(C)c4c3)CC2)C1. The lowest BCUT2D eigenvalue weighted by molar-refractivity contribution is 0.0691. The van der Waals surface area contributed by atoms with Crippen LogP contribution in [0.15, 0.2) is 53.2 Å². The van der Waals surface area contributed by atoms with E-state index in [0.717, 1.165) is 71.5 Å². The fraction of sp³-hybridized carbons (Fsp3) is 0.355. The first-order valence-electron chi connectivity index (χ1n) is 13.4. The number of anilines is 1. The number of benzene rings is 1. The molecule has 0 amide bonds. The number of allylic oxidation sites excluding steroid dienone is 2. The van der Waals surface area contributed by atoms with E-state index in [-0.39, 0.29) is 11.1 Å². The molecule has 1 spiro atoms. The van der Waals surface area contributed by atoms with Gasteiger partial charge in [-0.15, -0.1) is 0 Å². The molecular formula is C31H30N4O3. The lowest BCUT2D eigenvalue weighted by Gasteiger charge is -2.47. The molecule has 4 aromatic rings. The molecule has 1 aromatic carbocycles. The third-order valence-corrected chi connectivity index (χ3v) is 8.62. The van der Waals surface area contributed by atoms with Gasteiger partial charge >= 0.3 is 5.97 Å². The van der Waals surface area contributed by atoms with Crippen LogP contribution in [0, 0.1) is 19.3 Å². The van der Waals surface area contributed by atoms with Crippen molar-refractivity contribution in [1.29, 1.82) is 0 Å². The van der Waals surface area contributed by atoms with Gasteiger partial charge in [-0.3, -0.25) is 4.98 Å². The van der Waals surface area contributed by atoms with E-state index in [1.54, 1.807) is 6.07 Å². The number of nitrogens with zero attached hydrogens (tertiary/aromatic N) is 4. The lowest BCUT2D eigenvalue weighted by atomic mass is 9.63. The average molecular weight is 507 g/mol. The number of rotatable bonds is 5. The van der Waals surface area contributed by atoms with Gasteiger partial charge in [0, 0.05) is 53.1 Å². The topological polar surface area (TPSA) is 92.4 Å².